The van der Waals surface area contributed by atoms with E-state index in [2.05, 4.69) is 18.6 Å². The van der Waals surface area contributed by atoms with Gasteiger partial charge in [-0.1, -0.05) is 0 Å². The van der Waals surface area contributed by atoms with Crippen molar-refractivity contribution in [2.45, 2.75) is 70.4 Å². The van der Waals surface area contributed by atoms with E-state index < -0.39 is 0 Å². The molecule has 2 nitrogen and oxygen atoms in total. The summed E-state index contributed by atoms with van der Waals surface area (Å²) < 4.78 is 5.73. The lowest BCUT2D eigenvalue weighted by atomic mass is 9.72. The molecule has 0 aromatic heterocycles. The van der Waals surface area contributed by atoms with Crippen molar-refractivity contribution >= 4 is 6.72 Å². The summed E-state index contributed by atoms with van der Waals surface area (Å²) in [5, 5.41) is 0. The topological polar surface area (TPSA) is 21.6 Å². The van der Waals surface area contributed by atoms with Crippen LogP contribution in [0.1, 0.15) is 58.3 Å². The quantitative estimate of drug-likeness (QED) is 0.681. The van der Waals surface area contributed by atoms with Gasteiger partial charge in [0.15, 0.2) is 0 Å². The second-order valence-electron chi connectivity index (χ2n) is 5.74. The smallest absolute Gasteiger partial charge is 0.0575 e. The third-order valence-electron chi connectivity index (χ3n) is 4.79. The van der Waals surface area contributed by atoms with Gasteiger partial charge in [-0.15, -0.1) is 0 Å². The van der Waals surface area contributed by atoms with Crippen LogP contribution in [0.15, 0.2) is 4.99 Å². The molecule has 2 aliphatic carbocycles. The molecule has 2 aliphatic rings. The third-order valence-corrected chi connectivity index (χ3v) is 4.79. The Hall–Kier alpha value is -0.370. The first-order chi connectivity index (χ1) is 8.33. The highest BCUT2D eigenvalue weighted by molar-refractivity contribution is 5.24. The van der Waals surface area contributed by atoms with Crippen molar-refractivity contribution < 1.29 is 4.74 Å². The molecular weight excluding hydrogens is 210 g/mol. The van der Waals surface area contributed by atoms with Crippen molar-refractivity contribution in [1.29, 1.82) is 0 Å². The predicted molar refractivity (Wildman–Crippen MR) is 72.7 cm³/mol. The number of ether oxygens (including phenoxy) is 1. The van der Waals surface area contributed by atoms with E-state index in [-0.39, 0.29) is 0 Å². The third kappa shape index (κ3) is 3.54. The Morgan fingerprint density at radius 3 is 1.94 bits per heavy atom. The summed E-state index contributed by atoms with van der Waals surface area (Å²) in [6.07, 6.45) is 11.2. The monoisotopic (exact) mass is 237 g/mol. The molecule has 0 saturated heterocycles. The van der Waals surface area contributed by atoms with Crippen LogP contribution >= 0.6 is 0 Å². The van der Waals surface area contributed by atoms with Crippen LogP contribution in [-0.2, 0) is 4.74 Å². The van der Waals surface area contributed by atoms with Gasteiger partial charge in [0.25, 0.3) is 0 Å². The first-order valence-electron chi connectivity index (χ1n) is 7.41. The fraction of sp³-hybridized carbons (Fsp3) is 0.933. The van der Waals surface area contributed by atoms with Crippen LogP contribution in [0.5, 0.6) is 0 Å². The molecule has 2 saturated carbocycles. The van der Waals surface area contributed by atoms with Gasteiger partial charge in [-0.2, -0.15) is 0 Å². The minimum atomic E-state index is 0.558. The summed E-state index contributed by atoms with van der Waals surface area (Å²) >= 11 is 0. The summed E-state index contributed by atoms with van der Waals surface area (Å²) in [5.74, 6) is 1.94. The van der Waals surface area contributed by atoms with E-state index >= 15 is 0 Å². The van der Waals surface area contributed by atoms with E-state index in [0.717, 1.165) is 18.4 Å². The lowest BCUT2D eigenvalue weighted by Crippen LogP contribution is -2.29. The van der Waals surface area contributed by atoms with Crippen LogP contribution in [0.4, 0.5) is 0 Å². The van der Waals surface area contributed by atoms with Gasteiger partial charge >= 0.3 is 0 Å². The van der Waals surface area contributed by atoms with Gasteiger partial charge in [0.2, 0.25) is 0 Å². The van der Waals surface area contributed by atoms with Gasteiger partial charge in [-0.05, 0) is 76.8 Å². The molecule has 0 amide bonds. The minimum absolute atomic E-state index is 0.558. The van der Waals surface area contributed by atoms with Crippen LogP contribution in [0.2, 0.25) is 0 Å². The fourth-order valence-corrected chi connectivity index (χ4v) is 3.72. The maximum atomic E-state index is 5.73. The second kappa shape index (κ2) is 6.53. The van der Waals surface area contributed by atoms with E-state index in [1.165, 1.54) is 51.4 Å². The first kappa shape index (κ1) is 13.1. The van der Waals surface area contributed by atoms with Crippen LogP contribution in [-0.4, -0.2) is 25.5 Å². The zero-order valence-corrected chi connectivity index (χ0v) is 11.2. The highest BCUT2D eigenvalue weighted by Gasteiger charge is 2.30. The molecule has 0 N–H and O–H groups in total. The van der Waals surface area contributed by atoms with E-state index in [9.17, 15) is 0 Å². The van der Waals surface area contributed by atoms with Crippen molar-refractivity contribution in [2.75, 3.05) is 6.61 Å². The Balaban J connectivity index is 1.72. The Morgan fingerprint density at radius 2 is 1.47 bits per heavy atom. The van der Waals surface area contributed by atoms with Crippen molar-refractivity contribution in [3.05, 3.63) is 0 Å². The summed E-state index contributed by atoms with van der Waals surface area (Å²) in [6, 6.07) is 0.561. The lowest BCUT2D eigenvalue weighted by Gasteiger charge is -2.36. The molecule has 98 valence electrons. The normalized spacial score (nSPS) is 38.9. The van der Waals surface area contributed by atoms with Gasteiger partial charge in [0.1, 0.15) is 0 Å². The predicted octanol–water partition coefficient (Wildman–Crippen LogP) is 3.84. The maximum absolute atomic E-state index is 5.73. The van der Waals surface area contributed by atoms with Crippen molar-refractivity contribution in [3.8, 4) is 0 Å². The zero-order chi connectivity index (χ0) is 12.1. The van der Waals surface area contributed by atoms with E-state index in [1.807, 2.05) is 0 Å². The van der Waals surface area contributed by atoms with Gasteiger partial charge in [-0.3, -0.25) is 4.99 Å². The summed E-state index contributed by atoms with van der Waals surface area (Å²) in [4.78, 5) is 4.19. The number of aliphatic imine (C=N–C) groups is 1. The summed E-state index contributed by atoms with van der Waals surface area (Å²) in [6.45, 7) is 6.67. The summed E-state index contributed by atoms with van der Waals surface area (Å²) in [7, 11) is 0. The Kier molecular flexibility index (Phi) is 5.02. The van der Waals surface area contributed by atoms with Crippen molar-refractivity contribution in [3.63, 3.8) is 0 Å². The molecule has 2 fully saturated rings. The Bertz CT molecular complexity index is 225. The van der Waals surface area contributed by atoms with Gasteiger partial charge in [0, 0.05) is 12.6 Å². The van der Waals surface area contributed by atoms with E-state index in [1.54, 1.807) is 0 Å². The SMILES string of the molecule is C=NC1CCC(C2CCC(OCC)CC2)CC1. The van der Waals surface area contributed by atoms with Crippen LogP contribution in [0, 0.1) is 11.8 Å². The molecule has 0 spiro atoms. The number of rotatable bonds is 4. The van der Waals surface area contributed by atoms with E-state index in [0.29, 0.717) is 12.1 Å². The first-order valence-corrected chi connectivity index (χ1v) is 7.41. The second-order valence-corrected chi connectivity index (χ2v) is 5.74. The highest BCUT2D eigenvalue weighted by Crippen LogP contribution is 2.39. The Labute approximate surface area is 106 Å². The number of nitrogens with zero attached hydrogens (tertiary/aromatic N) is 1. The van der Waals surface area contributed by atoms with Crippen LogP contribution in [0.25, 0.3) is 0 Å². The highest BCUT2D eigenvalue weighted by atomic mass is 16.5. The fourth-order valence-electron chi connectivity index (χ4n) is 3.72. The lowest BCUT2D eigenvalue weighted by molar-refractivity contribution is 0.0147. The van der Waals surface area contributed by atoms with E-state index in [4.69, 9.17) is 4.74 Å². The molecule has 0 heterocycles. The maximum Gasteiger partial charge on any atom is 0.0575 e. The minimum Gasteiger partial charge on any atom is -0.379 e. The van der Waals surface area contributed by atoms with Crippen LogP contribution < -0.4 is 0 Å². The summed E-state index contributed by atoms with van der Waals surface area (Å²) in [5.41, 5.74) is 0. The molecule has 0 radical (unpaired) electrons. The molecule has 2 rings (SSSR count). The average molecular weight is 237 g/mol. The van der Waals surface area contributed by atoms with Crippen molar-refractivity contribution in [2.24, 2.45) is 16.8 Å². The molecule has 17 heavy (non-hydrogen) atoms. The molecule has 0 aliphatic heterocycles. The van der Waals surface area contributed by atoms with Gasteiger partial charge < -0.3 is 4.74 Å². The molecule has 0 aromatic rings. The number of hydrogen-bond acceptors (Lipinski definition) is 2. The molecule has 0 atom stereocenters. The van der Waals surface area contributed by atoms with Gasteiger partial charge in [-0.25, -0.2) is 0 Å². The average Bonchev–Trinajstić information content (AvgIpc) is 2.40. The molecule has 0 unspecified atom stereocenters. The molecule has 0 bridgehead atoms. The molecule has 0 aromatic carbocycles. The number of hydrogen-bond donors (Lipinski definition) is 0. The largest absolute Gasteiger partial charge is 0.379 e. The van der Waals surface area contributed by atoms with Crippen LogP contribution in [0.3, 0.4) is 0 Å². The molecular formula is C15H27NO. The van der Waals surface area contributed by atoms with Gasteiger partial charge in [0.05, 0.1) is 6.10 Å². The zero-order valence-electron chi connectivity index (χ0n) is 11.2. The standard InChI is InChI=1S/C15H27NO/c1-3-17-15-10-6-13(7-11-15)12-4-8-14(16-2)9-5-12/h12-15H,2-11H2,1H3. The Morgan fingerprint density at radius 1 is 0.941 bits per heavy atom. The molecule has 2 heteroatoms. The van der Waals surface area contributed by atoms with Crippen molar-refractivity contribution in [1.82, 2.24) is 0 Å².